The minimum Gasteiger partial charge on any atom is -0.459 e. The van der Waals surface area contributed by atoms with Gasteiger partial charge in [-0.1, -0.05) is 55.5 Å². The summed E-state index contributed by atoms with van der Waals surface area (Å²) in [7, 11) is 0. The Morgan fingerprint density at radius 2 is 1.51 bits per heavy atom. The Kier molecular flexibility index (Phi) is 6.75. The lowest BCUT2D eigenvalue weighted by Gasteiger charge is -2.44. The highest BCUT2D eigenvalue weighted by Crippen LogP contribution is 2.43. The molecular formula is C33H29N3O5. The Morgan fingerprint density at radius 1 is 0.878 bits per heavy atom. The number of anilines is 2. The Labute approximate surface area is 237 Å². The summed E-state index contributed by atoms with van der Waals surface area (Å²) in [6.07, 6.45) is 2.15. The number of imide groups is 1. The van der Waals surface area contributed by atoms with Crippen LogP contribution in [0.1, 0.15) is 69.6 Å². The van der Waals surface area contributed by atoms with Crippen LogP contribution in [0, 0.1) is 0 Å². The van der Waals surface area contributed by atoms with Gasteiger partial charge in [0.25, 0.3) is 23.6 Å². The van der Waals surface area contributed by atoms with Crippen molar-refractivity contribution in [2.45, 2.75) is 44.8 Å². The summed E-state index contributed by atoms with van der Waals surface area (Å²) >= 11 is 0. The van der Waals surface area contributed by atoms with Gasteiger partial charge in [-0.2, -0.15) is 0 Å². The van der Waals surface area contributed by atoms with Crippen LogP contribution in [-0.4, -0.2) is 40.6 Å². The zero-order valence-corrected chi connectivity index (χ0v) is 22.8. The van der Waals surface area contributed by atoms with Crippen molar-refractivity contribution in [1.29, 1.82) is 0 Å². The molecule has 4 aromatic rings. The minimum atomic E-state index is -1.01. The predicted molar refractivity (Wildman–Crippen MR) is 154 cm³/mol. The van der Waals surface area contributed by atoms with E-state index in [1.54, 1.807) is 53.1 Å². The first-order valence-electron chi connectivity index (χ1n) is 13.7. The minimum absolute atomic E-state index is 0.234. The summed E-state index contributed by atoms with van der Waals surface area (Å²) in [4.78, 5) is 59.4. The van der Waals surface area contributed by atoms with Crippen LogP contribution in [0.4, 0.5) is 11.4 Å². The second-order valence-corrected chi connectivity index (χ2v) is 10.3. The predicted octanol–water partition coefficient (Wildman–Crippen LogP) is 5.87. The van der Waals surface area contributed by atoms with Crippen LogP contribution in [0.2, 0.25) is 0 Å². The molecule has 3 atom stereocenters. The van der Waals surface area contributed by atoms with E-state index in [1.807, 2.05) is 61.5 Å². The van der Waals surface area contributed by atoms with Gasteiger partial charge < -0.3 is 14.2 Å². The highest BCUT2D eigenvalue weighted by Gasteiger charge is 2.46. The van der Waals surface area contributed by atoms with E-state index in [2.05, 4.69) is 0 Å². The lowest BCUT2D eigenvalue weighted by atomic mass is 9.89. The standard InChI is InChI=1S/C33H29N3O5/c1-3-26(36-30(37)23-14-7-8-15-24(23)31(36)38)32(39)35(22-12-5-4-6-13-22)28-20-21(2)34(27-17-10-9-16-25(27)28)33(40)29-18-11-19-41-29/h4-19,21,26,28H,3,20H2,1-2H3. The van der Waals surface area contributed by atoms with Crippen molar-refractivity contribution in [1.82, 2.24) is 4.90 Å². The average molecular weight is 548 g/mol. The van der Waals surface area contributed by atoms with Crippen LogP contribution < -0.4 is 9.80 Å². The number of amides is 4. The van der Waals surface area contributed by atoms with Gasteiger partial charge in [-0.15, -0.1) is 0 Å². The number of fused-ring (bicyclic) bond motifs is 2. The zero-order valence-electron chi connectivity index (χ0n) is 22.8. The summed E-state index contributed by atoms with van der Waals surface area (Å²) in [5.74, 6) is -1.31. The average Bonchev–Trinajstić information content (AvgIpc) is 3.62. The summed E-state index contributed by atoms with van der Waals surface area (Å²) in [5.41, 5.74) is 2.72. The number of carbonyl (C=O) groups excluding carboxylic acids is 4. The number of hydrogen-bond donors (Lipinski definition) is 0. The molecule has 0 saturated heterocycles. The molecule has 6 rings (SSSR count). The van der Waals surface area contributed by atoms with Crippen molar-refractivity contribution in [2.24, 2.45) is 0 Å². The molecule has 206 valence electrons. The van der Waals surface area contributed by atoms with Crippen molar-refractivity contribution in [3.8, 4) is 0 Å². The largest absolute Gasteiger partial charge is 0.459 e. The first-order valence-corrected chi connectivity index (χ1v) is 13.7. The van der Waals surface area contributed by atoms with Crippen LogP contribution in [0.25, 0.3) is 0 Å². The van der Waals surface area contributed by atoms with Gasteiger partial charge in [-0.05, 0) is 67.8 Å². The number of hydrogen-bond acceptors (Lipinski definition) is 5. The van der Waals surface area contributed by atoms with Crippen LogP contribution in [0.3, 0.4) is 0 Å². The Balaban J connectivity index is 1.43. The van der Waals surface area contributed by atoms with E-state index in [9.17, 15) is 19.2 Å². The van der Waals surface area contributed by atoms with Crippen LogP contribution >= 0.6 is 0 Å². The van der Waals surface area contributed by atoms with Crippen LogP contribution in [-0.2, 0) is 4.79 Å². The fourth-order valence-corrected chi connectivity index (χ4v) is 6.02. The second kappa shape index (κ2) is 10.5. The molecule has 2 aliphatic heterocycles. The molecule has 0 fully saturated rings. The molecule has 2 aliphatic rings. The zero-order chi connectivity index (χ0) is 28.7. The molecule has 0 bridgehead atoms. The van der Waals surface area contributed by atoms with E-state index in [0.717, 1.165) is 10.5 Å². The molecule has 8 heteroatoms. The van der Waals surface area contributed by atoms with Crippen molar-refractivity contribution in [2.75, 3.05) is 9.80 Å². The first-order chi connectivity index (χ1) is 19.9. The third-order valence-corrected chi connectivity index (χ3v) is 7.90. The second-order valence-electron chi connectivity index (χ2n) is 10.3. The van der Waals surface area contributed by atoms with Crippen molar-refractivity contribution in [3.05, 3.63) is 120 Å². The van der Waals surface area contributed by atoms with Crippen LogP contribution in [0.15, 0.2) is 102 Å². The van der Waals surface area contributed by atoms with Gasteiger partial charge in [0.05, 0.1) is 23.4 Å². The molecule has 1 aromatic heterocycles. The van der Waals surface area contributed by atoms with Crippen molar-refractivity contribution < 1.29 is 23.6 Å². The van der Waals surface area contributed by atoms with E-state index in [-0.39, 0.29) is 30.0 Å². The van der Waals surface area contributed by atoms with Gasteiger partial charge in [-0.25, -0.2) is 0 Å². The quantitative estimate of drug-likeness (QED) is 0.282. The van der Waals surface area contributed by atoms with Gasteiger partial charge in [-0.3, -0.25) is 24.1 Å². The fourth-order valence-electron chi connectivity index (χ4n) is 6.02. The van der Waals surface area contributed by atoms with Gasteiger partial charge >= 0.3 is 0 Å². The lowest BCUT2D eigenvalue weighted by molar-refractivity contribution is -0.123. The summed E-state index contributed by atoms with van der Waals surface area (Å²) in [5, 5.41) is 0. The van der Waals surface area contributed by atoms with Gasteiger partial charge in [0, 0.05) is 17.4 Å². The number of carbonyl (C=O) groups is 4. The molecule has 3 aromatic carbocycles. The van der Waals surface area contributed by atoms with Gasteiger partial charge in [0.15, 0.2) is 5.76 Å². The number of furan rings is 1. The SMILES string of the molecule is CCC(C(=O)N(c1ccccc1)C1CC(C)N(C(=O)c2ccco2)c2ccccc21)N1C(=O)c2ccccc2C1=O. The fraction of sp³-hybridized carbons (Fsp3) is 0.212. The number of para-hydroxylation sites is 2. The highest BCUT2D eigenvalue weighted by atomic mass is 16.3. The Hall–Kier alpha value is -4.98. The monoisotopic (exact) mass is 547 g/mol. The topological polar surface area (TPSA) is 91.1 Å². The van der Waals surface area contributed by atoms with Crippen LogP contribution in [0.5, 0.6) is 0 Å². The van der Waals surface area contributed by atoms with E-state index in [4.69, 9.17) is 4.42 Å². The molecule has 0 aliphatic carbocycles. The normalized spacial score (nSPS) is 18.6. The molecule has 4 amide bonds. The van der Waals surface area contributed by atoms with E-state index in [1.165, 1.54) is 6.26 Å². The number of nitrogens with zero attached hydrogens (tertiary/aromatic N) is 3. The summed E-state index contributed by atoms with van der Waals surface area (Å²) in [6.45, 7) is 3.75. The highest BCUT2D eigenvalue weighted by molar-refractivity contribution is 6.23. The van der Waals surface area contributed by atoms with E-state index in [0.29, 0.717) is 28.9 Å². The Morgan fingerprint density at radius 3 is 2.15 bits per heavy atom. The van der Waals surface area contributed by atoms with E-state index >= 15 is 0 Å². The molecular weight excluding hydrogens is 518 g/mol. The molecule has 3 unspecified atom stereocenters. The Bertz CT molecular complexity index is 1600. The first kappa shape index (κ1) is 26.3. The molecule has 0 saturated carbocycles. The summed E-state index contributed by atoms with van der Waals surface area (Å²) < 4.78 is 5.42. The molecule has 0 radical (unpaired) electrons. The maximum Gasteiger partial charge on any atom is 0.294 e. The lowest BCUT2D eigenvalue weighted by Crippen LogP contribution is -2.54. The maximum atomic E-state index is 14.6. The molecule has 3 heterocycles. The maximum absolute atomic E-state index is 14.6. The van der Waals surface area contributed by atoms with Crippen molar-refractivity contribution >= 4 is 35.0 Å². The summed E-state index contributed by atoms with van der Waals surface area (Å²) in [6, 6.07) is 25.0. The molecule has 0 N–H and O–H groups in total. The van der Waals surface area contributed by atoms with Gasteiger partial charge in [0.1, 0.15) is 6.04 Å². The molecule has 41 heavy (non-hydrogen) atoms. The number of benzene rings is 3. The smallest absolute Gasteiger partial charge is 0.294 e. The van der Waals surface area contributed by atoms with Crippen molar-refractivity contribution in [3.63, 3.8) is 0 Å². The van der Waals surface area contributed by atoms with E-state index < -0.39 is 23.9 Å². The third-order valence-electron chi connectivity index (χ3n) is 7.90. The third kappa shape index (κ3) is 4.32. The van der Waals surface area contributed by atoms with Gasteiger partial charge in [0.2, 0.25) is 0 Å². The number of rotatable bonds is 6. The molecule has 8 nitrogen and oxygen atoms in total. The molecule has 0 spiro atoms.